The lowest BCUT2D eigenvalue weighted by atomic mass is 10.0. The second-order valence-corrected chi connectivity index (χ2v) is 15.4. The average Bonchev–Trinajstić information content (AvgIpc) is 3.67. The van der Waals surface area contributed by atoms with Crippen molar-refractivity contribution in [3.8, 4) is 11.5 Å². The van der Waals surface area contributed by atoms with Crippen molar-refractivity contribution in [2.75, 3.05) is 30.5 Å². The van der Waals surface area contributed by atoms with Crippen molar-refractivity contribution in [2.24, 2.45) is 5.92 Å². The Labute approximate surface area is 273 Å². The van der Waals surface area contributed by atoms with Crippen molar-refractivity contribution in [1.29, 1.82) is 0 Å². The van der Waals surface area contributed by atoms with E-state index in [0.29, 0.717) is 27.8 Å². The average molecular weight is 716 g/mol. The molecule has 2 aromatic rings. The van der Waals surface area contributed by atoms with Gasteiger partial charge < -0.3 is 24.6 Å². The number of carbonyl (C=O) groups is 3. The molecule has 1 amide bonds. The zero-order chi connectivity index (χ0) is 32.8. The van der Waals surface area contributed by atoms with Crippen LogP contribution in [-0.4, -0.2) is 80.5 Å². The Morgan fingerprint density at radius 2 is 1.73 bits per heavy atom. The van der Waals surface area contributed by atoms with Gasteiger partial charge in [0.1, 0.15) is 27.0 Å². The van der Waals surface area contributed by atoms with Gasteiger partial charge in [0.2, 0.25) is 6.79 Å². The summed E-state index contributed by atoms with van der Waals surface area (Å²) in [7, 11) is -4.21. The fourth-order valence-corrected chi connectivity index (χ4v) is 9.06. The summed E-state index contributed by atoms with van der Waals surface area (Å²) in [6, 6.07) is 3.56. The molecule has 3 N–H and O–H groups in total. The molecule has 3 aliphatic heterocycles. The molecule has 0 aliphatic carbocycles. The Balaban J connectivity index is 1.69. The minimum absolute atomic E-state index is 0.0302. The van der Waals surface area contributed by atoms with Crippen LogP contribution in [0.5, 0.6) is 11.5 Å². The lowest BCUT2D eigenvalue weighted by molar-refractivity contribution is -0.140. The number of anilines is 1. The zero-order valence-electron chi connectivity index (χ0n) is 23.5. The molecule has 0 saturated carbocycles. The number of thiocarbonyl (C=S) groups is 1. The van der Waals surface area contributed by atoms with Crippen molar-refractivity contribution in [1.82, 2.24) is 9.47 Å². The molecule has 1 saturated heterocycles. The van der Waals surface area contributed by atoms with Gasteiger partial charge in [-0.3, -0.25) is 33.2 Å². The molecule has 0 bridgehead atoms. The molecule has 14 nitrogen and oxygen atoms in total. The zero-order valence-corrected chi connectivity index (χ0v) is 27.6. The van der Waals surface area contributed by atoms with E-state index in [0.717, 1.165) is 37.5 Å². The third kappa shape index (κ3) is 6.92. The van der Waals surface area contributed by atoms with Gasteiger partial charge in [-0.05, 0) is 24.0 Å². The second-order valence-electron chi connectivity index (χ2n) is 10.2. The molecule has 0 atom stereocenters. The molecule has 1 aromatic heterocycles. The summed E-state index contributed by atoms with van der Waals surface area (Å²) in [4.78, 5) is 53.5. The number of carboxylic acids is 2. The first-order valence-electron chi connectivity index (χ1n) is 13.2. The number of aliphatic carboxylic acids is 2. The number of thioether (sulfide) groups is 2. The summed E-state index contributed by atoms with van der Waals surface area (Å²) in [5.41, 5.74) is 0.576. The van der Waals surface area contributed by atoms with Crippen LogP contribution in [-0.2, 0) is 31.0 Å². The number of carbonyl (C=O) groups excluding carboxylic acids is 1. The highest BCUT2D eigenvalue weighted by Crippen LogP contribution is 2.51. The summed E-state index contributed by atoms with van der Waals surface area (Å²) >= 11 is 8.25. The summed E-state index contributed by atoms with van der Waals surface area (Å²) in [5.74, 6) is -3.06. The molecule has 5 rings (SSSR count). The van der Waals surface area contributed by atoms with Crippen LogP contribution in [0.3, 0.4) is 0 Å². The maximum Gasteiger partial charge on any atom is 0.323 e. The van der Waals surface area contributed by atoms with Crippen molar-refractivity contribution in [2.45, 2.75) is 31.7 Å². The summed E-state index contributed by atoms with van der Waals surface area (Å²) < 4.78 is 44.4. The summed E-state index contributed by atoms with van der Waals surface area (Å²) in [5, 5.41) is 19.4. The SMILES string of the molecule is CC(C)C(/C=C1\Sc2cc3c(cc2N1CCCS(=O)(=O)O)OCO3)=c1\s/c(=C2\SC(=S)N(CC(=O)O)C2=O)n(CC(=O)O)c1=O. The van der Waals surface area contributed by atoms with Crippen molar-refractivity contribution >= 4 is 95.5 Å². The van der Waals surface area contributed by atoms with Gasteiger partial charge >= 0.3 is 11.9 Å². The fourth-order valence-electron chi connectivity index (χ4n) is 4.70. The fraction of sp³-hybridized carbons (Fsp3) is 0.346. The largest absolute Gasteiger partial charge is 0.480 e. The van der Waals surface area contributed by atoms with Crippen LogP contribution < -0.4 is 29.1 Å². The number of aromatic nitrogens is 1. The van der Waals surface area contributed by atoms with E-state index in [4.69, 9.17) is 21.7 Å². The van der Waals surface area contributed by atoms with Gasteiger partial charge in [-0.2, -0.15) is 8.42 Å². The number of amides is 1. The van der Waals surface area contributed by atoms with Gasteiger partial charge in [-0.1, -0.05) is 49.6 Å². The van der Waals surface area contributed by atoms with Gasteiger partial charge in [-0.15, -0.1) is 11.3 Å². The van der Waals surface area contributed by atoms with Gasteiger partial charge in [0.25, 0.3) is 21.6 Å². The number of nitrogens with zero attached hydrogens (tertiary/aromatic N) is 3. The second kappa shape index (κ2) is 12.8. The molecule has 0 radical (unpaired) electrons. The van der Waals surface area contributed by atoms with E-state index in [1.54, 1.807) is 18.2 Å². The standard InChI is InChI=1S/C26H25N3O11S5/c1-12(2)13(6-18-27(4-3-5-45(36,37)38)14-7-15-16(40-11-39-15)8-17(14)42-18)21-23(34)28(9-19(30)31)25(43-21)22-24(35)29(10-20(32)33)26(41)44-22/h6-8,12H,3-5,9-11H2,1-2H3,(H,30,31)(H,32,33)(H,36,37,38)/b18-6-,21-13-,25-22-. The van der Waals surface area contributed by atoms with Crippen LogP contribution in [0.2, 0.25) is 0 Å². The van der Waals surface area contributed by atoms with E-state index in [2.05, 4.69) is 0 Å². The third-order valence-electron chi connectivity index (χ3n) is 6.69. The van der Waals surface area contributed by atoms with E-state index < -0.39 is 52.4 Å². The van der Waals surface area contributed by atoms with Gasteiger partial charge in [0.15, 0.2) is 11.5 Å². The van der Waals surface area contributed by atoms with Crippen molar-refractivity contribution in [3.63, 3.8) is 0 Å². The minimum atomic E-state index is -4.21. The highest BCUT2D eigenvalue weighted by atomic mass is 32.2. The first-order chi connectivity index (χ1) is 21.1. The Kier molecular flexibility index (Phi) is 9.39. The van der Waals surface area contributed by atoms with Crippen LogP contribution in [0.1, 0.15) is 20.3 Å². The van der Waals surface area contributed by atoms with Gasteiger partial charge in [-0.25, -0.2) is 0 Å². The van der Waals surface area contributed by atoms with Crippen LogP contribution >= 0.6 is 47.1 Å². The normalized spacial score (nSPS) is 18.8. The lowest BCUT2D eigenvalue weighted by Gasteiger charge is -2.21. The molecule has 19 heteroatoms. The monoisotopic (exact) mass is 715 g/mol. The number of benzene rings is 1. The maximum absolute atomic E-state index is 13.8. The highest BCUT2D eigenvalue weighted by molar-refractivity contribution is 8.30. The van der Waals surface area contributed by atoms with E-state index >= 15 is 0 Å². The summed E-state index contributed by atoms with van der Waals surface area (Å²) in [6.07, 6.45) is 1.84. The minimum Gasteiger partial charge on any atom is -0.480 e. The lowest BCUT2D eigenvalue weighted by Crippen LogP contribution is -2.37. The Morgan fingerprint density at radius 1 is 1.07 bits per heavy atom. The number of thiazole rings is 1. The third-order valence-corrected chi connectivity index (χ3v) is 11.4. The van der Waals surface area contributed by atoms with Crippen LogP contribution in [0.4, 0.5) is 5.69 Å². The number of ether oxygens (including phenoxy) is 2. The smallest absolute Gasteiger partial charge is 0.323 e. The molecule has 240 valence electrons. The Morgan fingerprint density at radius 3 is 2.36 bits per heavy atom. The number of hydrogen-bond donors (Lipinski definition) is 3. The first kappa shape index (κ1) is 33.0. The molecular formula is C26H25N3O11S5. The number of allylic oxidation sites excluding steroid dienone is 1. The number of rotatable bonds is 10. The topological polar surface area (TPSA) is 193 Å². The molecule has 1 aromatic carbocycles. The number of hydrogen-bond acceptors (Lipinski definition) is 13. The van der Waals surface area contributed by atoms with Crippen LogP contribution in [0.25, 0.3) is 10.5 Å². The molecule has 1 fully saturated rings. The van der Waals surface area contributed by atoms with E-state index in [9.17, 15) is 42.4 Å². The van der Waals surface area contributed by atoms with E-state index in [-0.39, 0.29) is 44.1 Å². The van der Waals surface area contributed by atoms with Crippen LogP contribution in [0, 0.1) is 5.92 Å². The van der Waals surface area contributed by atoms with Crippen molar-refractivity contribution < 1.29 is 47.0 Å². The molecule has 0 unspecified atom stereocenters. The molecule has 3 aliphatic rings. The first-order valence-corrected chi connectivity index (χ1v) is 17.6. The Bertz CT molecular complexity index is 1960. The van der Waals surface area contributed by atoms with Crippen molar-refractivity contribution in [3.05, 3.63) is 42.8 Å². The van der Waals surface area contributed by atoms with E-state index in [1.165, 1.54) is 11.8 Å². The van der Waals surface area contributed by atoms with Crippen LogP contribution in [0.15, 0.2) is 32.9 Å². The molecule has 4 heterocycles. The summed E-state index contributed by atoms with van der Waals surface area (Å²) in [6.45, 7) is 2.49. The molecular weight excluding hydrogens is 691 g/mol. The Hall–Kier alpha value is -3.36. The number of carboxylic acid groups (broad SMARTS) is 2. The van der Waals surface area contributed by atoms with E-state index in [1.807, 2.05) is 18.7 Å². The quantitative estimate of drug-likeness (QED) is 0.235. The molecule has 0 spiro atoms. The maximum atomic E-state index is 13.8. The highest BCUT2D eigenvalue weighted by Gasteiger charge is 2.36. The van der Waals surface area contributed by atoms with Gasteiger partial charge in [0, 0.05) is 23.6 Å². The molecule has 45 heavy (non-hydrogen) atoms. The van der Waals surface area contributed by atoms with Gasteiger partial charge in [0.05, 0.1) is 21.0 Å². The predicted octanol–water partition coefficient (Wildman–Crippen LogP) is 1.31. The number of fused-ring (bicyclic) bond motifs is 2. The predicted molar refractivity (Wildman–Crippen MR) is 172 cm³/mol.